The summed E-state index contributed by atoms with van der Waals surface area (Å²) in [5, 5.41) is 2.86. The van der Waals surface area contributed by atoms with E-state index < -0.39 is 0 Å². The van der Waals surface area contributed by atoms with E-state index in [1.165, 1.54) is 40.0 Å². The summed E-state index contributed by atoms with van der Waals surface area (Å²) in [5.41, 5.74) is 10.9. The molecule has 0 aromatic heterocycles. The number of fused-ring (bicyclic) bond motifs is 3. The molecule has 142 valence electrons. The SMILES string of the molecule is Cc1ccccc1-c1ccc2c(c1)=C1CC3=CC(C)(C)CCC3=C1C(C)(C)C=2. The monoisotopic (exact) mass is 366 g/mol. The zero-order valence-corrected chi connectivity index (χ0v) is 17.8. The summed E-state index contributed by atoms with van der Waals surface area (Å²) >= 11 is 0. The largest absolute Gasteiger partial charge is 0.0750 e. The lowest BCUT2D eigenvalue weighted by Crippen LogP contribution is -2.35. The number of hydrogen-bond acceptors (Lipinski definition) is 0. The van der Waals surface area contributed by atoms with Crippen LogP contribution in [0.25, 0.3) is 22.8 Å². The first-order chi connectivity index (χ1) is 13.3. The Kier molecular flexibility index (Phi) is 3.69. The van der Waals surface area contributed by atoms with Crippen LogP contribution in [0, 0.1) is 17.8 Å². The fourth-order valence-electron chi connectivity index (χ4n) is 5.62. The number of allylic oxidation sites excluding steroid dienone is 4. The van der Waals surface area contributed by atoms with Gasteiger partial charge in [-0.05, 0) is 87.1 Å². The molecule has 0 aliphatic heterocycles. The lowest BCUT2D eigenvalue weighted by atomic mass is 9.73. The molecule has 28 heavy (non-hydrogen) atoms. The van der Waals surface area contributed by atoms with E-state index in [0.717, 1.165) is 6.42 Å². The van der Waals surface area contributed by atoms with Gasteiger partial charge in [-0.1, -0.05) is 76.2 Å². The maximum atomic E-state index is 2.56. The molecule has 0 fully saturated rings. The van der Waals surface area contributed by atoms with Crippen LogP contribution < -0.4 is 10.4 Å². The van der Waals surface area contributed by atoms with E-state index in [2.05, 4.69) is 89.2 Å². The Morgan fingerprint density at radius 3 is 2.43 bits per heavy atom. The molecule has 0 bridgehead atoms. The van der Waals surface area contributed by atoms with Crippen molar-refractivity contribution in [3.8, 4) is 11.1 Å². The summed E-state index contributed by atoms with van der Waals surface area (Å²) in [6.45, 7) is 11.8. The van der Waals surface area contributed by atoms with Crippen molar-refractivity contribution in [3.63, 3.8) is 0 Å². The third kappa shape index (κ3) is 2.65. The van der Waals surface area contributed by atoms with E-state index >= 15 is 0 Å². The van der Waals surface area contributed by atoms with Crippen molar-refractivity contribution in [1.82, 2.24) is 0 Å². The van der Waals surface area contributed by atoms with Crippen molar-refractivity contribution in [2.75, 3.05) is 0 Å². The highest BCUT2D eigenvalue weighted by atomic mass is 14.4. The van der Waals surface area contributed by atoms with E-state index in [-0.39, 0.29) is 5.41 Å². The maximum Gasteiger partial charge on any atom is 0.00903 e. The Hall–Kier alpha value is -2.34. The first-order valence-electron chi connectivity index (χ1n) is 10.6. The van der Waals surface area contributed by atoms with Gasteiger partial charge in [0.05, 0.1) is 0 Å². The predicted molar refractivity (Wildman–Crippen MR) is 120 cm³/mol. The second-order valence-corrected chi connectivity index (χ2v) is 10.2. The summed E-state index contributed by atoms with van der Waals surface area (Å²) in [4.78, 5) is 0. The molecule has 0 radical (unpaired) electrons. The van der Waals surface area contributed by atoms with Gasteiger partial charge in [0.15, 0.2) is 0 Å². The molecule has 0 unspecified atom stereocenters. The standard InChI is InChI=1S/C28H30/c1-18-8-6-7-9-22(18)19-10-11-20-17-28(4,5)26-23-12-13-27(2,3)16-21(23)15-25(26)24(20)14-19/h6-11,14,16-17H,12-13,15H2,1-5H3. The van der Waals surface area contributed by atoms with Crippen LogP contribution in [0.5, 0.6) is 0 Å². The van der Waals surface area contributed by atoms with Crippen LogP contribution in [0.3, 0.4) is 0 Å². The third-order valence-corrected chi connectivity index (χ3v) is 6.94. The Morgan fingerprint density at radius 1 is 0.857 bits per heavy atom. The molecule has 2 aromatic rings. The topological polar surface area (TPSA) is 0 Å². The van der Waals surface area contributed by atoms with Crippen LogP contribution in [0.15, 0.2) is 65.3 Å². The molecule has 2 aromatic carbocycles. The van der Waals surface area contributed by atoms with Crippen LogP contribution >= 0.6 is 0 Å². The average Bonchev–Trinajstić information content (AvgIpc) is 3.00. The Morgan fingerprint density at radius 2 is 1.64 bits per heavy atom. The van der Waals surface area contributed by atoms with Crippen LogP contribution in [0.1, 0.15) is 52.5 Å². The summed E-state index contributed by atoms with van der Waals surface area (Å²) in [7, 11) is 0. The minimum Gasteiger partial charge on any atom is -0.0750 e. The van der Waals surface area contributed by atoms with Crippen molar-refractivity contribution >= 4 is 11.6 Å². The van der Waals surface area contributed by atoms with Crippen molar-refractivity contribution in [2.45, 2.75) is 53.9 Å². The van der Waals surface area contributed by atoms with Gasteiger partial charge >= 0.3 is 0 Å². The van der Waals surface area contributed by atoms with E-state index in [0.29, 0.717) is 5.41 Å². The molecule has 0 heterocycles. The van der Waals surface area contributed by atoms with Gasteiger partial charge in [0, 0.05) is 5.41 Å². The van der Waals surface area contributed by atoms with E-state index in [4.69, 9.17) is 0 Å². The molecule has 0 saturated heterocycles. The molecule has 0 amide bonds. The van der Waals surface area contributed by atoms with Crippen LogP contribution in [0.2, 0.25) is 0 Å². The molecular weight excluding hydrogens is 336 g/mol. The highest BCUT2D eigenvalue weighted by Crippen LogP contribution is 2.52. The second kappa shape index (κ2) is 5.83. The molecule has 0 spiro atoms. The molecule has 0 nitrogen and oxygen atoms in total. The Bertz CT molecular complexity index is 1180. The van der Waals surface area contributed by atoms with Gasteiger partial charge in [0.25, 0.3) is 0 Å². The van der Waals surface area contributed by atoms with Gasteiger partial charge < -0.3 is 0 Å². The first kappa shape index (κ1) is 17.7. The first-order valence-corrected chi connectivity index (χ1v) is 10.6. The van der Waals surface area contributed by atoms with E-state index in [9.17, 15) is 0 Å². The predicted octanol–water partition coefficient (Wildman–Crippen LogP) is 6.08. The van der Waals surface area contributed by atoms with Crippen LogP contribution in [0.4, 0.5) is 0 Å². The lowest BCUT2D eigenvalue weighted by Gasteiger charge is -2.31. The minimum absolute atomic E-state index is 0.110. The van der Waals surface area contributed by atoms with Gasteiger partial charge in [-0.3, -0.25) is 0 Å². The maximum absolute atomic E-state index is 2.56. The summed E-state index contributed by atoms with van der Waals surface area (Å²) in [6, 6.07) is 15.8. The minimum atomic E-state index is 0.110. The van der Waals surface area contributed by atoms with Gasteiger partial charge in [-0.15, -0.1) is 0 Å². The lowest BCUT2D eigenvalue weighted by molar-refractivity contribution is 0.420. The highest BCUT2D eigenvalue weighted by Gasteiger charge is 2.38. The zero-order chi connectivity index (χ0) is 19.7. The van der Waals surface area contributed by atoms with Crippen molar-refractivity contribution < 1.29 is 0 Å². The quantitative estimate of drug-likeness (QED) is 0.574. The zero-order valence-electron chi connectivity index (χ0n) is 17.8. The number of benzene rings is 2. The smallest absolute Gasteiger partial charge is 0.00903 e. The van der Waals surface area contributed by atoms with Crippen LogP contribution in [-0.2, 0) is 0 Å². The van der Waals surface area contributed by atoms with Crippen molar-refractivity contribution in [2.24, 2.45) is 10.8 Å². The molecule has 0 atom stereocenters. The Labute approximate surface area is 169 Å². The van der Waals surface area contributed by atoms with Crippen LogP contribution in [-0.4, -0.2) is 0 Å². The highest BCUT2D eigenvalue weighted by molar-refractivity contribution is 5.83. The van der Waals surface area contributed by atoms with Gasteiger partial charge in [-0.25, -0.2) is 0 Å². The number of rotatable bonds is 1. The summed E-state index contributed by atoms with van der Waals surface area (Å²) < 4.78 is 0. The second-order valence-electron chi connectivity index (χ2n) is 10.2. The van der Waals surface area contributed by atoms with Gasteiger partial charge in [0.1, 0.15) is 0 Å². The Balaban J connectivity index is 1.79. The molecule has 5 rings (SSSR count). The molecule has 3 aliphatic carbocycles. The molecule has 3 aliphatic rings. The normalized spacial score (nSPS) is 21.5. The van der Waals surface area contributed by atoms with E-state index in [1.54, 1.807) is 22.3 Å². The molecule has 0 N–H and O–H groups in total. The number of hydrogen-bond donors (Lipinski definition) is 0. The molecular formula is C28H30. The number of aryl methyl sites for hydroxylation is 1. The fraction of sp³-hybridized carbons (Fsp3) is 0.357. The average molecular weight is 367 g/mol. The van der Waals surface area contributed by atoms with Gasteiger partial charge in [0.2, 0.25) is 0 Å². The van der Waals surface area contributed by atoms with Gasteiger partial charge in [-0.2, -0.15) is 0 Å². The van der Waals surface area contributed by atoms with E-state index in [1.807, 2.05) is 0 Å². The molecule has 0 heteroatoms. The fourth-order valence-corrected chi connectivity index (χ4v) is 5.62. The summed E-state index contributed by atoms with van der Waals surface area (Å²) in [6.07, 6.45) is 8.65. The molecule has 0 saturated carbocycles. The van der Waals surface area contributed by atoms with Crippen molar-refractivity contribution in [1.29, 1.82) is 0 Å². The third-order valence-electron chi connectivity index (χ3n) is 6.94. The summed E-state index contributed by atoms with van der Waals surface area (Å²) in [5.74, 6) is 0. The van der Waals surface area contributed by atoms with Crippen molar-refractivity contribution in [3.05, 3.63) is 81.3 Å².